The lowest BCUT2D eigenvalue weighted by atomic mass is 10.1. The number of pyridine rings is 1. The topological polar surface area (TPSA) is 75.0 Å². The van der Waals surface area contributed by atoms with Gasteiger partial charge in [0.05, 0.1) is 26.9 Å². The van der Waals surface area contributed by atoms with Crippen LogP contribution >= 0.6 is 0 Å². The van der Waals surface area contributed by atoms with Crippen LogP contribution in [0.5, 0.6) is 5.75 Å². The largest absolute Gasteiger partial charge is 0.491 e. The van der Waals surface area contributed by atoms with Crippen LogP contribution in [0, 0.1) is 0 Å². The number of rotatable bonds is 23. The number of nitrogens with zero attached hydrogens (tertiary/aromatic N) is 3. The zero-order valence-corrected chi connectivity index (χ0v) is 34.1. The molecule has 0 fully saturated rings. The molecule has 7 aromatic rings. The first kappa shape index (κ1) is 41.2. The zero-order chi connectivity index (χ0) is 40.5. The number of fused-ring (bicyclic) bond motifs is 3. The molecule has 0 unspecified atom stereocenters. The van der Waals surface area contributed by atoms with E-state index in [0.29, 0.717) is 25.6 Å². The van der Waals surface area contributed by atoms with Crippen molar-refractivity contribution in [3.8, 4) is 5.75 Å². The summed E-state index contributed by atoms with van der Waals surface area (Å²) in [5.41, 5.74) is 8.54. The number of benzene rings is 5. The molecule has 2 heterocycles. The fourth-order valence-electron chi connectivity index (χ4n) is 7.58. The van der Waals surface area contributed by atoms with Crippen molar-refractivity contribution in [2.24, 2.45) is 0 Å². The van der Waals surface area contributed by atoms with Crippen molar-refractivity contribution in [3.63, 3.8) is 0 Å². The van der Waals surface area contributed by atoms with E-state index >= 15 is 0 Å². The minimum atomic E-state index is -0.485. The molecule has 59 heavy (non-hydrogen) atoms. The number of aryl methyl sites for hydroxylation is 1. The van der Waals surface area contributed by atoms with Crippen LogP contribution in [0.3, 0.4) is 0 Å². The molecule has 8 heteroatoms. The third-order valence-corrected chi connectivity index (χ3v) is 10.6. The van der Waals surface area contributed by atoms with E-state index in [1.54, 1.807) is 18.3 Å². The highest BCUT2D eigenvalue weighted by atomic mass is 16.5. The van der Waals surface area contributed by atoms with Crippen LogP contribution in [-0.4, -0.2) is 42.5 Å². The fourth-order valence-corrected chi connectivity index (χ4v) is 7.58. The van der Waals surface area contributed by atoms with Crippen LogP contribution in [0.1, 0.15) is 73.0 Å². The standard InChI is InChI=1S/C51H55N3O5/c1-56-51(55)50-49(25-18-32-52-50)59-36-17-3-2-14-33-53-47-24-13-12-23-45(47)46-37-41(28-31-48(46)53)39-58-35-16-5-4-15-34-57-38-40-26-29-44(30-27-40)54(42-19-8-6-9-20-42)43-21-10-7-11-22-43/h6-13,18-32,37H,2-5,14-17,33-36,38-39H2,1H3. The van der Waals surface area contributed by atoms with Gasteiger partial charge in [-0.1, -0.05) is 98.5 Å². The third-order valence-electron chi connectivity index (χ3n) is 10.6. The van der Waals surface area contributed by atoms with Gasteiger partial charge < -0.3 is 28.4 Å². The maximum atomic E-state index is 12.0. The average Bonchev–Trinajstić information content (AvgIpc) is 3.60. The number of unbranched alkanes of at least 4 members (excludes halogenated alkanes) is 6. The van der Waals surface area contributed by atoms with Crippen molar-refractivity contribution in [3.05, 3.63) is 163 Å². The minimum absolute atomic E-state index is 0.217. The van der Waals surface area contributed by atoms with Gasteiger partial charge in [-0.2, -0.15) is 0 Å². The number of ether oxygens (including phenoxy) is 4. The lowest BCUT2D eigenvalue weighted by Crippen LogP contribution is -2.09. The summed E-state index contributed by atoms with van der Waals surface area (Å²) in [6.45, 7) is 4.25. The lowest BCUT2D eigenvalue weighted by Gasteiger charge is -2.25. The first-order valence-corrected chi connectivity index (χ1v) is 21.0. The quantitative estimate of drug-likeness (QED) is 0.0472. The molecule has 0 saturated heterocycles. The van der Waals surface area contributed by atoms with Gasteiger partial charge in [-0.3, -0.25) is 0 Å². The summed E-state index contributed by atoms with van der Waals surface area (Å²) in [7, 11) is 1.35. The molecule has 8 nitrogen and oxygen atoms in total. The van der Waals surface area contributed by atoms with Gasteiger partial charge in [0.1, 0.15) is 0 Å². The minimum Gasteiger partial charge on any atom is -0.491 e. The lowest BCUT2D eigenvalue weighted by molar-refractivity contribution is 0.0588. The number of anilines is 3. The van der Waals surface area contributed by atoms with E-state index in [4.69, 9.17) is 18.9 Å². The highest BCUT2D eigenvalue weighted by Crippen LogP contribution is 2.34. The molecule has 2 aromatic heterocycles. The smallest absolute Gasteiger partial charge is 0.360 e. The third kappa shape index (κ3) is 11.2. The molecule has 0 radical (unpaired) electrons. The summed E-state index contributed by atoms with van der Waals surface area (Å²) in [5, 5.41) is 2.57. The number of carbonyl (C=O) groups is 1. The Balaban J connectivity index is 0.786. The summed E-state index contributed by atoms with van der Waals surface area (Å²) < 4.78 is 25.3. The molecule has 0 aliphatic carbocycles. The van der Waals surface area contributed by atoms with E-state index < -0.39 is 5.97 Å². The second-order valence-corrected chi connectivity index (χ2v) is 14.8. The van der Waals surface area contributed by atoms with Gasteiger partial charge in [-0.05, 0) is 104 Å². The summed E-state index contributed by atoms with van der Waals surface area (Å²) in [6, 6.07) is 48.6. The molecule has 0 aliphatic heterocycles. The molecule has 0 bridgehead atoms. The van der Waals surface area contributed by atoms with Gasteiger partial charge in [0.15, 0.2) is 11.4 Å². The highest BCUT2D eigenvalue weighted by molar-refractivity contribution is 6.08. The molecular weight excluding hydrogens is 735 g/mol. The maximum Gasteiger partial charge on any atom is 0.360 e. The number of aromatic nitrogens is 2. The SMILES string of the molecule is COC(=O)c1ncccc1OCCCCCCn1c2ccccc2c2cc(COCCCCCCOCc3ccc(N(c4ccccc4)c4ccccc4)cc3)ccc21. The van der Waals surface area contributed by atoms with Crippen LogP contribution in [-0.2, 0) is 34.0 Å². The van der Waals surface area contributed by atoms with Crippen molar-refractivity contribution >= 4 is 44.8 Å². The molecule has 0 spiro atoms. The average molecular weight is 790 g/mol. The van der Waals surface area contributed by atoms with Gasteiger partial charge in [0.25, 0.3) is 0 Å². The molecule has 5 aromatic carbocycles. The van der Waals surface area contributed by atoms with Crippen molar-refractivity contribution in [2.45, 2.75) is 71.1 Å². The Hall–Kier alpha value is -5.96. The van der Waals surface area contributed by atoms with Crippen LogP contribution in [0.15, 0.2) is 146 Å². The molecule has 0 saturated carbocycles. The molecule has 0 N–H and O–H groups in total. The fraction of sp³-hybridized carbons (Fsp3) is 0.294. The van der Waals surface area contributed by atoms with Crippen LogP contribution in [0.25, 0.3) is 21.8 Å². The van der Waals surface area contributed by atoms with E-state index in [9.17, 15) is 4.79 Å². The Bertz CT molecular complexity index is 2300. The summed E-state index contributed by atoms with van der Waals surface area (Å²) in [5.74, 6) is -0.0158. The van der Waals surface area contributed by atoms with E-state index in [1.807, 2.05) is 12.1 Å². The number of hydrogen-bond acceptors (Lipinski definition) is 7. The summed E-state index contributed by atoms with van der Waals surface area (Å²) in [4.78, 5) is 18.3. The Morgan fingerprint density at radius 2 is 1.14 bits per heavy atom. The van der Waals surface area contributed by atoms with Crippen molar-refractivity contribution in [2.75, 3.05) is 31.8 Å². The van der Waals surface area contributed by atoms with Gasteiger partial charge >= 0.3 is 5.97 Å². The highest BCUT2D eigenvalue weighted by Gasteiger charge is 2.15. The van der Waals surface area contributed by atoms with E-state index in [2.05, 4.69) is 130 Å². The molecular formula is C51H55N3O5. The number of carbonyl (C=O) groups excluding carboxylic acids is 1. The number of esters is 1. The maximum absolute atomic E-state index is 12.0. The summed E-state index contributed by atoms with van der Waals surface area (Å²) >= 11 is 0. The van der Waals surface area contributed by atoms with Crippen LogP contribution in [0.4, 0.5) is 17.1 Å². The van der Waals surface area contributed by atoms with Gasteiger partial charge in [0, 0.05) is 64.8 Å². The van der Waals surface area contributed by atoms with Gasteiger partial charge in [-0.15, -0.1) is 0 Å². The van der Waals surface area contributed by atoms with Crippen molar-refractivity contribution in [1.82, 2.24) is 9.55 Å². The van der Waals surface area contributed by atoms with E-state index in [1.165, 1.54) is 40.0 Å². The Labute approximate surface area is 348 Å². The van der Waals surface area contributed by atoms with E-state index in [0.717, 1.165) is 88.2 Å². The van der Waals surface area contributed by atoms with Crippen LogP contribution < -0.4 is 9.64 Å². The Morgan fingerprint density at radius 3 is 1.83 bits per heavy atom. The first-order chi connectivity index (χ1) is 29.2. The van der Waals surface area contributed by atoms with E-state index in [-0.39, 0.29) is 5.69 Å². The Kier molecular flexibility index (Phi) is 15.2. The molecule has 304 valence electrons. The van der Waals surface area contributed by atoms with Crippen molar-refractivity contribution < 1.29 is 23.7 Å². The van der Waals surface area contributed by atoms with Crippen molar-refractivity contribution in [1.29, 1.82) is 0 Å². The monoisotopic (exact) mass is 789 g/mol. The number of hydrogen-bond donors (Lipinski definition) is 0. The summed E-state index contributed by atoms with van der Waals surface area (Å²) in [6.07, 6.45) is 10.0. The normalized spacial score (nSPS) is 11.3. The Morgan fingerprint density at radius 1 is 0.559 bits per heavy atom. The van der Waals surface area contributed by atoms with Gasteiger partial charge in [0.2, 0.25) is 0 Å². The second-order valence-electron chi connectivity index (χ2n) is 14.8. The molecule has 0 aliphatic rings. The predicted molar refractivity (Wildman–Crippen MR) is 238 cm³/mol. The number of para-hydroxylation sites is 3. The van der Waals surface area contributed by atoms with Crippen LogP contribution in [0.2, 0.25) is 0 Å². The van der Waals surface area contributed by atoms with Gasteiger partial charge in [-0.25, -0.2) is 9.78 Å². The predicted octanol–water partition coefficient (Wildman–Crippen LogP) is 12.4. The first-order valence-electron chi connectivity index (χ1n) is 21.0. The zero-order valence-electron chi connectivity index (χ0n) is 34.1. The molecule has 0 amide bonds. The number of methoxy groups -OCH3 is 1. The molecule has 0 atom stereocenters. The molecule has 7 rings (SSSR count). The second kappa shape index (κ2) is 21.7.